The van der Waals surface area contributed by atoms with Gasteiger partial charge in [0.2, 0.25) is 0 Å². The van der Waals surface area contributed by atoms with Crippen molar-refractivity contribution in [3.8, 4) is 0 Å². The van der Waals surface area contributed by atoms with Gasteiger partial charge in [-0.3, -0.25) is 0 Å². The van der Waals surface area contributed by atoms with Crippen LogP contribution in [0.1, 0.15) is 99.3 Å². The van der Waals surface area contributed by atoms with Gasteiger partial charge in [-0.2, -0.15) is 0 Å². The molecule has 0 rings (SSSR count). The summed E-state index contributed by atoms with van der Waals surface area (Å²) in [4.78, 5) is 5.16. The van der Waals surface area contributed by atoms with Gasteiger partial charge in [-0.15, -0.1) is 0 Å². The Balaban J connectivity index is 3.31. The molecule has 0 aromatic carbocycles. The lowest BCUT2D eigenvalue weighted by Crippen LogP contribution is -2.31. The molecule has 0 aromatic rings. The minimum absolute atomic E-state index is 0.708. The maximum Gasteiger partial charge on any atom is 0.00384 e. The van der Waals surface area contributed by atoms with E-state index in [1.54, 1.807) is 0 Å². The molecular formula is C21H46N2. The zero-order valence-corrected chi connectivity index (χ0v) is 17.2. The molecule has 0 saturated heterocycles. The molecule has 0 aliphatic carbocycles. The van der Waals surface area contributed by atoms with Crippen molar-refractivity contribution in [1.82, 2.24) is 9.80 Å². The third-order valence-electron chi connectivity index (χ3n) is 5.16. The summed E-state index contributed by atoms with van der Waals surface area (Å²) in [7, 11) is 0. The highest BCUT2D eigenvalue weighted by Crippen LogP contribution is 2.11. The summed E-state index contributed by atoms with van der Waals surface area (Å²) < 4.78 is 0. The summed E-state index contributed by atoms with van der Waals surface area (Å²) in [5.41, 5.74) is 0. The van der Waals surface area contributed by atoms with E-state index in [9.17, 15) is 0 Å². The topological polar surface area (TPSA) is 6.48 Å². The number of rotatable bonds is 16. The van der Waals surface area contributed by atoms with Crippen molar-refractivity contribution < 1.29 is 0 Å². The van der Waals surface area contributed by atoms with Crippen molar-refractivity contribution in [3.05, 3.63) is 0 Å². The van der Waals surface area contributed by atoms with Gasteiger partial charge in [-0.1, -0.05) is 58.8 Å². The van der Waals surface area contributed by atoms with Crippen LogP contribution < -0.4 is 0 Å². The number of hydrogen-bond acceptors (Lipinski definition) is 2. The molecule has 0 N–H and O–H groups in total. The van der Waals surface area contributed by atoms with E-state index in [1.165, 1.54) is 84.0 Å². The van der Waals surface area contributed by atoms with Gasteiger partial charge in [0.15, 0.2) is 0 Å². The van der Waals surface area contributed by atoms with Gasteiger partial charge in [0.25, 0.3) is 0 Å². The Morgan fingerprint density at radius 3 is 0.957 bits per heavy atom. The first kappa shape index (κ1) is 22.9. The van der Waals surface area contributed by atoms with Gasteiger partial charge in [-0.25, -0.2) is 0 Å². The highest BCUT2D eigenvalue weighted by Gasteiger charge is 2.06. The summed E-state index contributed by atoms with van der Waals surface area (Å²) in [5, 5.41) is 0. The van der Waals surface area contributed by atoms with Crippen molar-refractivity contribution in [1.29, 1.82) is 0 Å². The monoisotopic (exact) mass is 326 g/mol. The fourth-order valence-corrected chi connectivity index (χ4v) is 3.43. The Hall–Kier alpha value is -0.0800. The van der Waals surface area contributed by atoms with Crippen LogP contribution in [0.4, 0.5) is 0 Å². The molecule has 0 fully saturated rings. The van der Waals surface area contributed by atoms with E-state index < -0.39 is 0 Å². The van der Waals surface area contributed by atoms with Gasteiger partial charge in [0, 0.05) is 12.1 Å². The second-order valence-electron chi connectivity index (χ2n) is 7.63. The third-order valence-corrected chi connectivity index (χ3v) is 5.16. The molecule has 0 radical (unpaired) electrons. The van der Waals surface area contributed by atoms with Crippen molar-refractivity contribution in [2.45, 2.75) is 111 Å². The van der Waals surface area contributed by atoms with E-state index in [1.807, 2.05) is 0 Å². The molecule has 0 amide bonds. The van der Waals surface area contributed by atoms with E-state index in [2.05, 4.69) is 51.3 Å². The SMILES string of the molecule is CCN(CCCCCCCCCCCN(CC)C(C)C)C(C)C. The highest BCUT2D eigenvalue weighted by atomic mass is 15.1. The Labute approximate surface area is 148 Å². The Kier molecular flexibility index (Phi) is 15.4. The second kappa shape index (κ2) is 15.4. The number of nitrogens with zero attached hydrogens (tertiary/aromatic N) is 2. The molecule has 0 saturated carbocycles. The van der Waals surface area contributed by atoms with E-state index in [-0.39, 0.29) is 0 Å². The van der Waals surface area contributed by atoms with Crippen molar-refractivity contribution in [3.63, 3.8) is 0 Å². The fraction of sp³-hybridized carbons (Fsp3) is 1.00. The van der Waals surface area contributed by atoms with Crippen LogP contribution in [-0.2, 0) is 0 Å². The largest absolute Gasteiger partial charge is 0.301 e. The summed E-state index contributed by atoms with van der Waals surface area (Å²) >= 11 is 0. The molecule has 0 heterocycles. The van der Waals surface area contributed by atoms with Crippen LogP contribution in [0.2, 0.25) is 0 Å². The smallest absolute Gasteiger partial charge is 0.00384 e. The Morgan fingerprint density at radius 1 is 0.478 bits per heavy atom. The van der Waals surface area contributed by atoms with Gasteiger partial charge in [0.05, 0.1) is 0 Å². The van der Waals surface area contributed by atoms with Crippen LogP contribution in [0.3, 0.4) is 0 Å². The second-order valence-corrected chi connectivity index (χ2v) is 7.63. The van der Waals surface area contributed by atoms with Gasteiger partial charge < -0.3 is 9.80 Å². The van der Waals surface area contributed by atoms with Gasteiger partial charge in [0.1, 0.15) is 0 Å². The average molecular weight is 327 g/mol. The quantitative estimate of drug-likeness (QED) is 0.323. The average Bonchev–Trinajstić information content (AvgIpc) is 2.51. The Morgan fingerprint density at radius 2 is 0.739 bits per heavy atom. The third kappa shape index (κ3) is 12.9. The predicted molar refractivity (Wildman–Crippen MR) is 106 cm³/mol. The normalized spacial score (nSPS) is 12.3. The van der Waals surface area contributed by atoms with Crippen molar-refractivity contribution in [2.24, 2.45) is 0 Å². The summed E-state index contributed by atoms with van der Waals surface area (Å²) in [6.45, 7) is 18.8. The van der Waals surface area contributed by atoms with E-state index >= 15 is 0 Å². The molecular weight excluding hydrogens is 280 g/mol. The predicted octanol–water partition coefficient (Wildman–Crippen LogP) is 5.96. The van der Waals surface area contributed by atoms with Crippen LogP contribution in [0.25, 0.3) is 0 Å². The van der Waals surface area contributed by atoms with Crippen LogP contribution in [0, 0.1) is 0 Å². The minimum Gasteiger partial charge on any atom is -0.301 e. The lowest BCUT2D eigenvalue weighted by Gasteiger charge is -2.24. The molecule has 0 unspecified atom stereocenters. The van der Waals surface area contributed by atoms with Crippen LogP contribution in [0.5, 0.6) is 0 Å². The molecule has 0 atom stereocenters. The number of unbranched alkanes of at least 4 members (excludes halogenated alkanes) is 8. The zero-order chi connectivity index (χ0) is 17.5. The van der Waals surface area contributed by atoms with E-state index in [4.69, 9.17) is 0 Å². The van der Waals surface area contributed by atoms with Crippen LogP contribution in [0.15, 0.2) is 0 Å². The maximum atomic E-state index is 2.58. The highest BCUT2D eigenvalue weighted by molar-refractivity contribution is 4.61. The van der Waals surface area contributed by atoms with Gasteiger partial charge >= 0.3 is 0 Å². The van der Waals surface area contributed by atoms with E-state index in [0.29, 0.717) is 12.1 Å². The molecule has 0 bridgehead atoms. The molecule has 0 aliphatic heterocycles. The molecule has 23 heavy (non-hydrogen) atoms. The van der Waals surface area contributed by atoms with Crippen molar-refractivity contribution in [2.75, 3.05) is 26.2 Å². The molecule has 2 heteroatoms. The number of hydrogen-bond donors (Lipinski definition) is 0. The molecule has 0 aromatic heterocycles. The fourth-order valence-electron chi connectivity index (χ4n) is 3.43. The van der Waals surface area contributed by atoms with Crippen molar-refractivity contribution >= 4 is 0 Å². The van der Waals surface area contributed by atoms with Crippen LogP contribution in [-0.4, -0.2) is 48.1 Å². The zero-order valence-electron chi connectivity index (χ0n) is 17.2. The summed E-state index contributed by atoms with van der Waals surface area (Å²) in [6.07, 6.45) is 12.8. The molecule has 0 aliphatic rings. The van der Waals surface area contributed by atoms with Gasteiger partial charge in [-0.05, 0) is 66.7 Å². The first-order valence-corrected chi connectivity index (χ1v) is 10.5. The summed E-state index contributed by atoms with van der Waals surface area (Å²) in [6, 6.07) is 1.42. The Bertz CT molecular complexity index is 214. The maximum absolute atomic E-state index is 2.58. The first-order valence-electron chi connectivity index (χ1n) is 10.5. The summed E-state index contributed by atoms with van der Waals surface area (Å²) in [5.74, 6) is 0. The lowest BCUT2D eigenvalue weighted by atomic mass is 10.1. The molecule has 2 nitrogen and oxygen atoms in total. The van der Waals surface area contributed by atoms with Crippen LogP contribution >= 0.6 is 0 Å². The van der Waals surface area contributed by atoms with E-state index in [0.717, 1.165) is 0 Å². The minimum atomic E-state index is 0.708. The lowest BCUT2D eigenvalue weighted by molar-refractivity contribution is 0.227. The molecule has 140 valence electrons. The first-order chi connectivity index (χ1) is 11.0. The standard InChI is InChI=1S/C21H46N2/c1-7-22(20(3)4)18-16-14-12-10-9-11-13-15-17-19-23(8-2)21(5)6/h20-21H,7-19H2,1-6H3. The molecule has 0 spiro atoms.